The van der Waals surface area contributed by atoms with E-state index in [1.807, 2.05) is 0 Å². The van der Waals surface area contributed by atoms with Crippen molar-refractivity contribution in [2.75, 3.05) is 12.3 Å². The maximum absolute atomic E-state index is 5.96. The third kappa shape index (κ3) is 2.77. The zero-order valence-electron chi connectivity index (χ0n) is 10.0. The van der Waals surface area contributed by atoms with Crippen molar-refractivity contribution >= 4 is 17.4 Å². The Kier molecular flexibility index (Phi) is 4.11. The predicted octanol–water partition coefficient (Wildman–Crippen LogP) is 1.52. The number of rotatable bonds is 5. The second-order valence-corrected chi connectivity index (χ2v) is 4.32. The summed E-state index contributed by atoms with van der Waals surface area (Å²) in [6.07, 6.45) is 3.99. The summed E-state index contributed by atoms with van der Waals surface area (Å²) < 4.78 is 0. The number of anilines is 1. The number of hydrogen-bond acceptors (Lipinski definition) is 5. The van der Waals surface area contributed by atoms with Gasteiger partial charge in [0.2, 0.25) is 0 Å². The summed E-state index contributed by atoms with van der Waals surface area (Å²) in [5.74, 6) is 1.13. The minimum absolute atomic E-state index is 0.182. The van der Waals surface area contributed by atoms with Crippen molar-refractivity contribution in [3.63, 3.8) is 0 Å². The monoisotopic (exact) mass is 266 g/mol. The van der Waals surface area contributed by atoms with Crippen LogP contribution in [0.5, 0.6) is 0 Å². The van der Waals surface area contributed by atoms with E-state index in [4.69, 9.17) is 17.3 Å². The molecule has 0 fully saturated rings. The fraction of sp³-hybridized carbons (Fsp3) is 0.364. The molecule has 0 aliphatic rings. The van der Waals surface area contributed by atoms with Crippen molar-refractivity contribution in [3.05, 3.63) is 35.0 Å². The Balaban J connectivity index is 2.36. The van der Waals surface area contributed by atoms with E-state index in [0.717, 1.165) is 18.5 Å². The average molecular weight is 267 g/mol. The number of nitrogens with one attached hydrogen (secondary N) is 2. The average Bonchev–Trinajstić information content (AvgIpc) is 2.88. The van der Waals surface area contributed by atoms with E-state index in [9.17, 15) is 0 Å². The number of pyridine rings is 1. The molecule has 0 aliphatic carbocycles. The topological polar surface area (TPSA) is 92.5 Å². The van der Waals surface area contributed by atoms with Crippen LogP contribution in [0.25, 0.3) is 0 Å². The lowest BCUT2D eigenvalue weighted by molar-refractivity contribution is 0.574. The minimum atomic E-state index is -0.182. The first-order valence-electron chi connectivity index (χ1n) is 5.72. The molecule has 1 atom stereocenters. The van der Waals surface area contributed by atoms with E-state index in [0.29, 0.717) is 16.7 Å². The quantitative estimate of drug-likeness (QED) is 0.763. The third-order valence-electron chi connectivity index (χ3n) is 2.53. The van der Waals surface area contributed by atoms with Gasteiger partial charge in [-0.25, -0.2) is 9.97 Å². The molecule has 2 aromatic rings. The molecule has 4 N–H and O–H groups in total. The molecule has 0 amide bonds. The molecule has 0 aliphatic heterocycles. The number of aromatic nitrogens is 4. The molecule has 7 heteroatoms. The number of halogens is 1. The molecule has 0 saturated carbocycles. The van der Waals surface area contributed by atoms with Gasteiger partial charge in [0, 0.05) is 11.8 Å². The van der Waals surface area contributed by atoms with Gasteiger partial charge in [-0.2, -0.15) is 5.10 Å². The smallest absolute Gasteiger partial charge is 0.146 e. The van der Waals surface area contributed by atoms with Crippen LogP contribution < -0.4 is 11.1 Å². The van der Waals surface area contributed by atoms with Gasteiger partial charge in [-0.1, -0.05) is 18.5 Å². The van der Waals surface area contributed by atoms with Crippen LogP contribution in [0.3, 0.4) is 0 Å². The van der Waals surface area contributed by atoms with Crippen molar-refractivity contribution in [1.82, 2.24) is 25.5 Å². The van der Waals surface area contributed by atoms with Crippen molar-refractivity contribution in [3.8, 4) is 0 Å². The van der Waals surface area contributed by atoms with Crippen molar-refractivity contribution in [2.24, 2.45) is 0 Å². The summed E-state index contributed by atoms with van der Waals surface area (Å²) in [5, 5.41) is 10.6. The second kappa shape index (κ2) is 5.79. The standard InChI is InChI=1S/C11H15ClN6/c1-2-3-14-9(11-16-6-17-18-11)8-4-7(12)5-15-10(8)13/h4-6,9,14H,2-3H2,1H3,(H2,13,15)(H,16,17,18). The Morgan fingerprint density at radius 3 is 3.00 bits per heavy atom. The van der Waals surface area contributed by atoms with Gasteiger partial charge in [0.1, 0.15) is 18.0 Å². The predicted molar refractivity (Wildman–Crippen MR) is 70.2 cm³/mol. The normalized spacial score (nSPS) is 12.6. The van der Waals surface area contributed by atoms with Crippen LogP contribution >= 0.6 is 11.6 Å². The fourth-order valence-corrected chi connectivity index (χ4v) is 1.86. The summed E-state index contributed by atoms with van der Waals surface area (Å²) in [5.41, 5.74) is 6.70. The van der Waals surface area contributed by atoms with Gasteiger partial charge < -0.3 is 11.1 Å². The fourth-order valence-electron chi connectivity index (χ4n) is 1.69. The number of H-pyrrole nitrogens is 1. The molecule has 0 radical (unpaired) electrons. The van der Waals surface area contributed by atoms with Gasteiger partial charge in [-0.3, -0.25) is 5.10 Å². The molecule has 1 unspecified atom stereocenters. The largest absolute Gasteiger partial charge is 0.383 e. The molecule has 96 valence electrons. The molecule has 2 heterocycles. The van der Waals surface area contributed by atoms with Crippen LogP contribution in [-0.2, 0) is 0 Å². The molecule has 18 heavy (non-hydrogen) atoms. The van der Waals surface area contributed by atoms with Crippen molar-refractivity contribution < 1.29 is 0 Å². The van der Waals surface area contributed by atoms with Gasteiger partial charge in [0.25, 0.3) is 0 Å². The van der Waals surface area contributed by atoms with Gasteiger partial charge in [0.15, 0.2) is 0 Å². The van der Waals surface area contributed by atoms with Gasteiger partial charge >= 0.3 is 0 Å². The number of hydrogen-bond donors (Lipinski definition) is 3. The Morgan fingerprint density at radius 1 is 1.50 bits per heavy atom. The van der Waals surface area contributed by atoms with E-state index in [1.54, 1.807) is 6.07 Å². The van der Waals surface area contributed by atoms with Crippen LogP contribution in [0.4, 0.5) is 5.82 Å². The van der Waals surface area contributed by atoms with Crippen molar-refractivity contribution in [2.45, 2.75) is 19.4 Å². The van der Waals surface area contributed by atoms with Crippen LogP contribution in [0, 0.1) is 0 Å². The number of nitrogens with zero attached hydrogens (tertiary/aromatic N) is 3. The molecule has 2 rings (SSSR count). The summed E-state index contributed by atoms with van der Waals surface area (Å²) in [6.45, 7) is 2.92. The highest BCUT2D eigenvalue weighted by atomic mass is 35.5. The van der Waals surface area contributed by atoms with Crippen molar-refractivity contribution in [1.29, 1.82) is 0 Å². The van der Waals surface area contributed by atoms with E-state index in [-0.39, 0.29) is 6.04 Å². The Morgan fingerprint density at radius 2 is 2.33 bits per heavy atom. The molecule has 0 bridgehead atoms. The lowest BCUT2D eigenvalue weighted by Crippen LogP contribution is -2.25. The van der Waals surface area contributed by atoms with Crippen LogP contribution in [0.1, 0.15) is 30.8 Å². The number of nitrogens with two attached hydrogens (primary N) is 1. The summed E-state index contributed by atoms with van der Waals surface area (Å²) in [4.78, 5) is 8.22. The zero-order valence-corrected chi connectivity index (χ0v) is 10.8. The van der Waals surface area contributed by atoms with Gasteiger partial charge in [-0.05, 0) is 19.0 Å². The summed E-state index contributed by atoms with van der Waals surface area (Å²) >= 11 is 5.96. The second-order valence-electron chi connectivity index (χ2n) is 3.89. The Labute approximate surface area is 110 Å². The van der Waals surface area contributed by atoms with Crippen LogP contribution in [0.15, 0.2) is 18.6 Å². The molecular weight excluding hydrogens is 252 g/mol. The molecule has 0 aromatic carbocycles. The van der Waals surface area contributed by atoms with Gasteiger partial charge in [0.05, 0.1) is 11.1 Å². The maximum Gasteiger partial charge on any atom is 0.146 e. The first-order chi connectivity index (χ1) is 8.72. The molecule has 2 aromatic heterocycles. The molecule has 6 nitrogen and oxygen atoms in total. The summed E-state index contributed by atoms with van der Waals surface area (Å²) in [6, 6.07) is 1.61. The first-order valence-corrected chi connectivity index (χ1v) is 6.09. The maximum atomic E-state index is 5.96. The van der Waals surface area contributed by atoms with E-state index in [2.05, 4.69) is 32.4 Å². The van der Waals surface area contributed by atoms with Crippen LogP contribution in [-0.4, -0.2) is 26.7 Å². The lowest BCUT2D eigenvalue weighted by atomic mass is 10.1. The number of nitrogen functional groups attached to an aromatic ring is 1. The Bertz CT molecular complexity index is 498. The third-order valence-corrected chi connectivity index (χ3v) is 2.74. The highest BCUT2D eigenvalue weighted by molar-refractivity contribution is 6.30. The van der Waals surface area contributed by atoms with Crippen LogP contribution in [0.2, 0.25) is 5.02 Å². The van der Waals surface area contributed by atoms with Gasteiger partial charge in [-0.15, -0.1) is 0 Å². The highest BCUT2D eigenvalue weighted by Crippen LogP contribution is 2.25. The number of aromatic amines is 1. The first kappa shape index (κ1) is 12.8. The molecule has 0 saturated heterocycles. The SMILES string of the molecule is CCCNC(c1ncn[nH]1)c1cc(Cl)cnc1N. The lowest BCUT2D eigenvalue weighted by Gasteiger charge is -2.17. The summed E-state index contributed by atoms with van der Waals surface area (Å²) in [7, 11) is 0. The zero-order chi connectivity index (χ0) is 13.0. The van der Waals surface area contributed by atoms with E-state index < -0.39 is 0 Å². The Hall–Kier alpha value is -1.66. The highest BCUT2D eigenvalue weighted by Gasteiger charge is 2.19. The molecular formula is C11H15ClN6. The minimum Gasteiger partial charge on any atom is -0.383 e. The molecule has 0 spiro atoms. The van der Waals surface area contributed by atoms with E-state index >= 15 is 0 Å². The van der Waals surface area contributed by atoms with E-state index in [1.165, 1.54) is 12.5 Å².